The second kappa shape index (κ2) is 10.4. The quantitative estimate of drug-likeness (QED) is 0.450. The molecule has 2 aromatic carbocycles. The number of hydrogen-bond acceptors (Lipinski definition) is 6. The van der Waals surface area contributed by atoms with E-state index in [0.29, 0.717) is 29.4 Å². The molecular weight excluding hydrogens is 364 g/mol. The topological polar surface area (TPSA) is 124 Å². The van der Waals surface area contributed by atoms with E-state index in [-0.39, 0.29) is 12.5 Å². The van der Waals surface area contributed by atoms with Crippen molar-refractivity contribution in [1.29, 1.82) is 0 Å². The highest BCUT2D eigenvalue weighted by molar-refractivity contribution is 5.92. The molecule has 9 heteroatoms. The van der Waals surface area contributed by atoms with Crippen LogP contribution in [-0.2, 0) is 4.79 Å². The summed E-state index contributed by atoms with van der Waals surface area (Å²) in [5.41, 5.74) is 8.31. The van der Waals surface area contributed by atoms with Crippen LogP contribution < -0.4 is 30.7 Å². The molecule has 2 rings (SSSR count). The third-order valence-corrected chi connectivity index (χ3v) is 3.38. The molecule has 0 fully saturated rings. The van der Waals surface area contributed by atoms with E-state index in [9.17, 15) is 9.59 Å². The Labute approximate surface area is 162 Å². The number of rotatable bonds is 9. The van der Waals surface area contributed by atoms with Crippen molar-refractivity contribution in [3.05, 3.63) is 48.0 Å². The second-order valence-electron chi connectivity index (χ2n) is 5.44. The molecule has 0 saturated heterocycles. The Balaban J connectivity index is 1.92. The predicted molar refractivity (Wildman–Crippen MR) is 105 cm³/mol. The summed E-state index contributed by atoms with van der Waals surface area (Å²) < 4.78 is 16.1. The maximum atomic E-state index is 12.1. The molecule has 0 heterocycles. The summed E-state index contributed by atoms with van der Waals surface area (Å²) in [7, 11) is 1.48. The van der Waals surface area contributed by atoms with Crippen LogP contribution in [0.5, 0.6) is 17.2 Å². The van der Waals surface area contributed by atoms with Crippen LogP contribution in [0, 0.1) is 0 Å². The van der Waals surface area contributed by atoms with Gasteiger partial charge >= 0.3 is 6.03 Å². The first-order valence-corrected chi connectivity index (χ1v) is 8.44. The predicted octanol–water partition coefficient (Wildman–Crippen LogP) is 2.11. The number of carbonyl (C=O) groups excluding carboxylic acids is 2. The first kappa shape index (κ1) is 20.6. The molecule has 3 amide bonds. The van der Waals surface area contributed by atoms with Crippen LogP contribution in [-0.4, -0.2) is 38.5 Å². The number of nitrogens with zero attached hydrogens (tertiary/aromatic N) is 1. The number of methoxy groups -OCH3 is 1. The minimum atomic E-state index is -0.762. The van der Waals surface area contributed by atoms with Crippen molar-refractivity contribution in [3.63, 3.8) is 0 Å². The van der Waals surface area contributed by atoms with Gasteiger partial charge in [0.2, 0.25) is 0 Å². The van der Waals surface area contributed by atoms with Crippen molar-refractivity contribution in [3.8, 4) is 17.2 Å². The molecule has 0 bridgehead atoms. The minimum Gasteiger partial charge on any atom is -0.494 e. The standard InChI is InChI=1S/C19H22N4O5/c1-3-27-15-7-5-14(6-8-15)22-18(24)12-28-16-9-4-13(10-17(16)26-2)11-21-23-19(20)25/h4-11H,3,12H2,1-2H3,(H,22,24)(H3,20,23,25). The average molecular weight is 386 g/mol. The van der Waals surface area contributed by atoms with Crippen molar-refractivity contribution in [1.82, 2.24) is 5.43 Å². The Morgan fingerprint density at radius 1 is 1.11 bits per heavy atom. The van der Waals surface area contributed by atoms with E-state index in [0.717, 1.165) is 5.75 Å². The first-order chi connectivity index (χ1) is 13.5. The lowest BCUT2D eigenvalue weighted by molar-refractivity contribution is -0.118. The number of carbonyl (C=O) groups is 2. The fourth-order valence-corrected chi connectivity index (χ4v) is 2.20. The Kier molecular flexibility index (Phi) is 7.64. The number of primary amides is 1. The molecule has 28 heavy (non-hydrogen) atoms. The lowest BCUT2D eigenvalue weighted by Crippen LogP contribution is -2.24. The highest BCUT2D eigenvalue weighted by Gasteiger charge is 2.09. The summed E-state index contributed by atoms with van der Waals surface area (Å²) in [5, 5.41) is 6.40. The van der Waals surface area contributed by atoms with Crippen LogP contribution in [0.2, 0.25) is 0 Å². The summed E-state index contributed by atoms with van der Waals surface area (Å²) in [5.74, 6) is 1.22. The number of urea groups is 1. The van der Waals surface area contributed by atoms with E-state index in [4.69, 9.17) is 19.9 Å². The van der Waals surface area contributed by atoms with Gasteiger partial charge in [0.25, 0.3) is 5.91 Å². The van der Waals surface area contributed by atoms with Crippen LogP contribution in [0.25, 0.3) is 0 Å². The van der Waals surface area contributed by atoms with Crippen molar-refractivity contribution in [2.45, 2.75) is 6.92 Å². The first-order valence-electron chi connectivity index (χ1n) is 8.44. The van der Waals surface area contributed by atoms with Crippen LogP contribution in [0.4, 0.5) is 10.5 Å². The van der Waals surface area contributed by atoms with Crippen molar-refractivity contribution >= 4 is 23.8 Å². The summed E-state index contributed by atoms with van der Waals surface area (Å²) in [6, 6.07) is 11.2. The third kappa shape index (κ3) is 6.52. The highest BCUT2D eigenvalue weighted by Crippen LogP contribution is 2.27. The summed E-state index contributed by atoms with van der Waals surface area (Å²) in [4.78, 5) is 22.7. The van der Waals surface area contributed by atoms with E-state index < -0.39 is 6.03 Å². The Hall–Kier alpha value is -3.75. The van der Waals surface area contributed by atoms with Gasteiger partial charge in [-0.25, -0.2) is 10.2 Å². The van der Waals surface area contributed by atoms with E-state index >= 15 is 0 Å². The van der Waals surface area contributed by atoms with Gasteiger partial charge in [-0.15, -0.1) is 0 Å². The Morgan fingerprint density at radius 3 is 2.50 bits per heavy atom. The van der Waals surface area contributed by atoms with E-state index in [1.807, 2.05) is 6.92 Å². The van der Waals surface area contributed by atoms with E-state index in [1.54, 1.807) is 42.5 Å². The van der Waals surface area contributed by atoms with Crippen LogP contribution in [0.3, 0.4) is 0 Å². The maximum absolute atomic E-state index is 12.1. The Morgan fingerprint density at radius 2 is 1.86 bits per heavy atom. The Bertz CT molecular complexity index is 837. The number of hydrogen-bond donors (Lipinski definition) is 3. The molecular formula is C19H22N4O5. The molecule has 0 spiro atoms. The van der Waals surface area contributed by atoms with Crippen LogP contribution >= 0.6 is 0 Å². The number of hydrazone groups is 1. The molecule has 0 aliphatic heterocycles. The SMILES string of the molecule is CCOc1ccc(NC(=O)COc2ccc(C=NNC(N)=O)cc2OC)cc1. The van der Waals surface area contributed by atoms with Crippen molar-refractivity contribution in [2.24, 2.45) is 10.8 Å². The zero-order valence-corrected chi connectivity index (χ0v) is 15.6. The smallest absolute Gasteiger partial charge is 0.332 e. The van der Waals surface area contributed by atoms with Gasteiger partial charge in [0.05, 0.1) is 19.9 Å². The third-order valence-electron chi connectivity index (χ3n) is 3.38. The molecule has 9 nitrogen and oxygen atoms in total. The molecule has 0 aliphatic rings. The summed E-state index contributed by atoms with van der Waals surface area (Å²) >= 11 is 0. The van der Waals surface area contributed by atoms with Gasteiger partial charge in [-0.05, 0) is 55.0 Å². The van der Waals surface area contributed by atoms with E-state index in [1.165, 1.54) is 13.3 Å². The van der Waals surface area contributed by atoms with Crippen molar-refractivity contribution < 1.29 is 23.8 Å². The van der Waals surface area contributed by atoms with E-state index in [2.05, 4.69) is 15.8 Å². The second-order valence-corrected chi connectivity index (χ2v) is 5.44. The monoisotopic (exact) mass is 386 g/mol. The van der Waals surface area contributed by atoms with Crippen molar-refractivity contribution in [2.75, 3.05) is 25.6 Å². The minimum absolute atomic E-state index is 0.194. The van der Waals surface area contributed by atoms with Crippen LogP contribution in [0.15, 0.2) is 47.6 Å². The molecule has 0 radical (unpaired) electrons. The fourth-order valence-electron chi connectivity index (χ4n) is 2.20. The molecule has 2 aromatic rings. The van der Waals surface area contributed by atoms with Gasteiger partial charge in [0.15, 0.2) is 18.1 Å². The number of ether oxygens (including phenoxy) is 3. The number of nitrogens with one attached hydrogen (secondary N) is 2. The molecule has 0 unspecified atom stereocenters. The summed E-state index contributed by atoms with van der Waals surface area (Å²) in [6.45, 7) is 2.28. The molecule has 0 aromatic heterocycles. The molecule has 4 N–H and O–H groups in total. The van der Waals surface area contributed by atoms with Gasteiger partial charge in [-0.1, -0.05) is 0 Å². The van der Waals surface area contributed by atoms with Gasteiger partial charge in [0.1, 0.15) is 5.75 Å². The summed E-state index contributed by atoms with van der Waals surface area (Å²) in [6.07, 6.45) is 1.40. The maximum Gasteiger partial charge on any atom is 0.332 e. The van der Waals surface area contributed by atoms with Gasteiger partial charge in [-0.2, -0.15) is 5.10 Å². The highest BCUT2D eigenvalue weighted by atomic mass is 16.5. The zero-order chi connectivity index (χ0) is 20.4. The van der Waals surface area contributed by atoms with Crippen LogP contribution in [0.1, 0.15) is 12.5 Å². The number of benzene rings is 2. The number of anilines is 1. The van der Waals surface area contributed by atoms with Gasteiger partial charge in [0, 0.05) is 5.69 Å². The number of amides is 3. The fraction of sp³-hybridized carbons (Fsp3) is 0.211. The lowest BCUT2D eigenvalue weighted by Gasteiger charge is -2.12. The normalized spacial score (nSPS) is 10.4. The van der Waals surface area contributed by atoms with Gasteiger partial charge < -0.3 is 25.3 Å². The molecule has 0 aliphatic carbocycles. The van der Waals surface area contributed by atoms with Gasteiger partial charge in [-0.3, -0.25) is 4.79 Å². The lowest BCUT2D eigenvalue weighted by atomic mass is 10.2. The largest absolute Gasteiger partial charge is 0.494 e. The molecule has 0 atom stereocenters. The molecule has 0 saturated carbocycles. The average Bonchev–Trinajstić information content (AvgIpc) is 2.68. The number of nitrogens with two attached hydrogens (primary N) is 1. The zero-order valence-electron chi connectivity index (χ0n) is 15.6. The molecule has 148 valence electrons.